The Kier molecular flexibility index (Phi) is 8.36. The molecule has 3 aromatic rings. The Labute approximate surface area is 223 Å². The fraction of sp³-hybridized carbons (Fsp3) is 0.290. The van der Waals surface area contributed by atoms with Gasteiger partial charge in [-0.05, 0) is 43.5 Å². The molecule has 0 fully saturated rings. The van der Waals surface area contributed by atoms with Gasteiger partial charge < -0.3 is 23.7 Å². The number of para-hydroxylation sites is 1. The van der Waals surface area contributed by atoms with Crippen LogP contribution in [0.4, 0.5) is 0 Å². The highest BCUT2D eigenvalue weighted by molar-refractivity contribution is 6.12. The number of carbonyl (C=O) groups excluding carboxylic acids is 2. The van der Waals surface area contributed by atoms with Crippen LogP contribution in [-0.2, 0) is 27.9 Å². The van der Waals surface area contributed by atoms with E-state index in [9.17, 15) is 9.59 Å². The molecule has 2 heterocycles. The smallest absolute Gasteiger partial charge is 0.339 e. The fourth-order valence-electron chi connectivity index (χ4n) is 4.94. The summed E-state index contributed by atoms with van der Waals surface area (Å²) in [6.45, 7) is 10.3. The number of nitrogens with zero attached hydrogens (tertiary/aromatic N) is 2. The van der Waals surface area contributed by atoms with Crippen LogP contribution in [0.15, 0.2) is 79.4 Å². The SMILES string of the molecule is C=CCCOC1=C(C(=O)OCC)C(CC=C)N(Cc2ccc(OC)cc2)C(=O)c2c1c1ccccc1n2C. The van der Waals surface area contributed by atoms with Gasteiger partial charge in [0.25, 0.3) is 5.91 Å². The molecule has 1 aliphatic rings. The average molecular weight is 515 g/mol. The zero-order chi connectivity index (χ0) is 27.2. The first-order valence-corrected chi connectivity index (χ1v) is 12.7. The first kappa shape index (κ1) is 26.8. The van der Waals surface area contributed by atoms with Crippen molar-refractivity contribution in [2.45, 2.75) is 32.4 Å². The van der Waals surface area contributed by atoms with Crippen molar-refractivity contribution in [1.29, 1.82) is 0 Å². The Balaban J connectivity index is 2.01. The molecular formula is C31H34N2O5. The molecule has 0 saturated carbocycles. The van der Waals surface area contributed by atoms with Gasteiger partial charge in [-0.2, -0.15) is 0 Å². The molecule has 0 aliphatic carbocycles. The van der Waals surface area contributed by atoms with Crippen LogP contribution in [-0.4, -0.2) is 47.7 Å². The van der Waals surface area contributed by atoms with Crippen molar-refractivity contribution in [3.8, 4) is 5.75 Å². The number of ether oxygens (including phenoxy) is 3. The Morgan fingerprint density at radius 1 is 1.08 bits per heavy atom. The number of fused-ring (bicyclic) bond motifs is 3. The number of hydrogen-bond donors (Lipinski definition) is 0. The Hall–Kier alpha value is -4.26. The van der Waals surface area contributed by atoms with Crippen molar-refractivity contribution in [2.75, 3.05) is 20.3 Å². The highest BCUT2D eigenvalue weighted by Gasteiger charge is 2.42. The molecule has 1 amide bonds. The number of aromatic nitrogens is 1. The maximum atomic E-state index is 14.4. The van der Waals surface area contributed by atoms with Gasteiger partial charge >= 0.3 is 5.97 Å². The van der Waals surface area contributed by atoms with E-state index >= 15 is 0 Å². The predicted octanol–water partition coefficient (Wildman–Crippen LogP) is 5.65. The molecule has 4 rings (SSSR count). The second kappa shape index (κ2) is 11.9. The van der Waals surface area contributed by atoms with E-state index in [1.165, 1.54) is 0 Å². The van der Waals surface area contributed by atoms with E-state index in [-0.39, 0.29) is 19.1 Å². The molecule has 0 N–H and O–H groups in total. The standard InChI is InChI=1S/C31H34N2O5/c1-6-9-19-38-29-26-23-13-10-11-14-24(23)32(4)28(26)30(34)33(20-21-15-17-22(36-5)18-16-21)25(12-7-2)27(29)31(35)37-8-3/h6-7,10-11,13-18,25H,1-2,8-9,12,19-20H2,3-5H3. The summed E-state index contributed by atoms with van der Waals surface area (Å²) < 4.78 is 19.1. The van der Waals surface area contributed by atoms with Gasteiger partial charge in [0.2, 0.25) is 0 Å². The first-order valence-electron chi connectivity index (χ1n) is 12.7. The lowest BCUT2D eigenvalue weighted by atomic mass is 9.98. The minimum absolute atomic E-state index is 0.192. The van der Waals surface area contributed by atoms with Gasteiger partial charge in [-0.15, -0.1) is 13.2 Å². The minimum atomic E-state index is -0.647. The molecule has 1 aliphatic heterocycles. The van der Waals surface area contributed by atoms with E-state index in [0.29, 0.717) is 42.0 Å². The molecular weight excluding hydrogens is 480 g/mol. The average Bonchev–Trinajstić information content (AvgIpc) is 3.18. The molecule has 0 bridgehead atoms. The number of rotatable bonds is 11. The third-order valence-electron chi connectivity index (χ3n) is 6.72. The van der Waals surface area contributed by atoms with Crippen LogP contribution in [0.3, 0.4) is 0 Å². The maximum absolute atomic E-state index is 14.4. The number of benzene rings is 2. The summed E-state index contributed by atoms with van der Waals surface area (Å²) in [4.78, 5) is 29.8. The van der Waals surface area contributed by atoms with Gasteiger partial charge in [-0.1, -0.05) is 42.5 Å². The van der Waals surface area contributed by atoms with E-state index in [2.05, 4.69) is 13.2 Å². The molecule has 1 unspecified atom stereocenters. The quantitative estimate of drug-likeness (QED) is 0.188. The van der Waals surface area contributed by atoms with E-state index in [0.717, 1.165) is 22.2 Å². The second-order valence-electron chi connectivity index (χ2n) is 9.01. The monoisotopic (exact) mass is 514 g/mol. The van der Waals surface area contributed by atoms with Crippen LogP contribution < -0.4 is 4.74 Å². The normalized spacial score (nSPS) is 15.2. The summed E-state index contributed by atoms with van der Waals surface area (Å²) in [5.74, 6) is 0.376. The Morgan fingerprint density at radius 2 is 1.82 bits per heavy atom. The molecule has 198 valence electrons. The van der Waals surface area contributed by atoms with Gasteiger partial charge in [0, 0.05) is 24.5 Å². The number of carbonyl (C=O) groups is 2. The van der Waals surface area contributed by atoms with Crippen molar-refractivity contribution in [2.24, 2.45) is 7.05 Å². The summed E-state index contributed by atoms with van der Waals surface area (Å²) in [6, 6.07) is 14.6. The zero-order valence-electron chi connectivity index (χ0n) is 22.2. The molecule has 7 nitrogen and oxygen atoms in total. The summed E-state index contributed by atoms with van der Waals surface area (Å²) in [7, 11) is 3.48. The highest BCUT2D eigenvalue weighted by atomic mass is 16.5. The minimum Gasteiger partial charge on any atom is -0.497 e. The predicted molar refractivity (Wildman–Crippen MR) is 149 cm³/mol. The Morgan fingerprint density at radius 3 is 2.47 bits per heavy atom. The van der Waals surface area contributed by atoms with Crippen LogP contribution >= 0.6 is 0 Å². The summed E-state index contributed by atoms with van der Waals surface area (Å²) in [6.07, 6.45) is 4.40. The maximum Gasteiger partial charge on any atom is 0.339 e. The molecule has 0 radical (unpaired) electrons. The van der Waals surface area contributed by atoms with Crippen LogP contribution in [0.25, 0.3) is 16.7 Å². The van der Waals surface area contributed by atoms with Crippen molar-refractivity contribution in [3.05, 3.63) is 96.2 Å². The van der Waals surface area contributed by atoms with E-state index in [4.69, 9.17) is 14.2 Å². The second-order valence-corrected chi connectivity index (χ2v) is 9.01. The fourth-order valence-corrected chi connectivity index (χ4v) is 4.94. The third kappa shape index (κ3) is 4.96. The first-order chi connectivity index (χ1) is 18.5. The molecule has 7 heteroatoms. The summed E-state index contributed by atoms with van der Waals surface area (Å²) in [5.41, 5.74) is 3.14. The number of methoxy groups -OCH3 is 1. The van der Waals surface area contributed by atoms with Gasteiger partial charge in [-0.25, -0.2) is 4.79 Å². The van der Waals surface area contributed by atoms with Crippen molar-refractivity contribution < 1.29 is 23.8 Å². The third-order valence-corrected chi connectivity index (χ3v) is 6.72. The lowest BCUT2D eigenvalue weighted by Gasteiger charge is -2.31. The van der Waals surface area contributed by atoms with Crippen LogP contribution in [0, 0.1) is 0 Å². The molecule has 1 aromatic heterocycles. The lowest BCUT2D eigenvalue weighted by Crippen LogP contribution is -2.42. The highest BCUT2D eigenvalue weighted by Crippen LogP contribution is 2.40. The number of hydrogen-bond acceptors (Lipinski definition) is 5. The topological polar surface area (TPSA) is 70.0 Å². The molecule has 1 atom stereocenters. The van der Waals surface area contributed by atoms with Gasteiger partial charge in [-0.3, -0.25) is 4.79 Å². The van der Waals surface area contributed by atoms with Crippen LogP contribution in [0.5, 0.6) is 5.75 Å². The lowest BCUT2D eigenvalue weighted by molar-refractivity contribution is -0.139. The molecule has 0 saturated heterocycles. The Bertz CT molecular complexity index is 1380. The molecule has 2 aromatic carbocycles. The number of esters is 1. The van der Waals surface area contributed by atoms with Crippen molar-refractivity contribution in [1.82, 2.24) is 9.47 Å². The van der Waals surface area contributed by atoms with Gasteiger partial charge in [0.05, 0.1) is 31.9 Å². The van der Waals surface area contributed by atoms with Gasteiger partial charge in [0.1, 0.15) is 22.8 Å². The van der Waals surface area contributed by atoms with E-state index < -0.39 is 12.0 Å². The van der Waals surface area contributed by atoms with E-state index in [1.807, 2.05) is 60.1 Å². The van der Waals surface area contributed by atoms with E-state index in [1.54, 1.807) is 31.1 Å². The largest absolute Gasteiger partial charge is 0.497 e. The summed E-state index contributed by atoms with van der Waals surface area (Å²) in [5, 5.41) is 0.831. The zero-order valence-corrected chi connectivity index (χ0v) is 22.2. The van der Waals surface area contributed by atoms with Gasteiger partial charge in [0.15, 0.2) is 0 Å². The van der Waals surface area contributed by atoms with Crippen LogP contribution in [0.2, 0.25) is 0 Å². The number of aryl methyl sites for hydroxylation is 1. The van der Waals surface area contributed by atoms with Crippen LogP contribution in [0.1, 0.15) is 41.4 Å². The summed E-state index contributed by atoms with van der Waals surface area (Å²) >= 11 is 0. The number of amides is 1. The molecule has 0 spiro atoms. The van der Waals surface area contributed by atoms with Crippen molar-refractivity contribution in [3.63, 3.8) is 0 Å². The molecule has 38 heavy (non-hydrogen) atoms. The van der Waals surface area contributed by atoms with Crippen molar-refractivity contribution >= 4 is 28.5 Å².